The summed E-state index contributed by atoms with van der Waals surface area (Å²) in [5.41, 5.74) is 3.64. The van der Waals surface area contributed by atoms with Crippen LogP contribution in [0.4, 0.5) is 0 Å². The van der Waals surface area contributed by atoms with Crippen LogP contribution in [0, 0.1) is 0 Å². The van der Waals surface area contributed by atoms with Gasteiger partial charge in [0.2, 0.25) is 0 Å². The Bertz CT molecular complexity index is 2920. The highest BCUT2D eigenvalue weighted by atomic mass is 16.3. The molecule has 44 heavy (non-hydrogen) atoms. The molecule has 6 aromatic carbocycles. The lowest BCUT2D eigenvalue weighted by atomic mass is 9.97. The van der Waals surface area contributed by atoms with Crippen LogP contribution in [0.2, 0.25) is 0 Å². The van der Waals surface area contributed by atoms with Gasteiger partial charge in [-0.2, -0.15) is 0 Å². The van der Waals surface area contributed by atoms with E-state index < -0.39 is 36.4 Å². The molecule has 0 bridgehead atoms. The van der Waals surface area contributed by atoms with Gasteiger partial charge in [-0.1, -0.05) is 115 Å². The summed E-state index contributed by atoms with van der Waals surface area (Å²) in [5, 5.41) is 5.79. The molecule has 3 heterocycles. The number of nitrogens with one attached hydrogen (secondary N) is 1. The van der Waals surface area contributed by atoms with Crippen molar-refractivity contribution in [2.75, 3.05) is 0 Å². The lowest BCUT2D eigenvalue weighted by Crippen LogP contribution is -2.36. The van der Waals surface area contributed by atoms with Crippen LogP contribution >= 0.6 is 0 Å². The Morgan fingerprint density at radius 1 is 0.568 bits per heavy atom. The maximum absolute atomic E-state index is 8.96. The first-order valence-corrected chi connectivity index (χ1v) is 13.9. The smallest absolute Gasteiger partial charge is 0.173 e. The Hall–Kier alpha value is -5.94. The minimum atomic E-state index is -0.961. The zero-order valence-corrected chi connectivity index (χ0v) is 22.9. The Kier molecular flexibility index (Phi) is 3.85. The monoisotopic (exact) mass is 576 g/mol. The largest absolute Gasteiger partial charge is 0.456 e. The molecule has 5 nitrogen and oxygen atoms in total. The highest BCUT2D eigenvalue weighted by molar-refractivity contribution is 6.17. The van der Waals surface area contributed by atoms with Crippen LogP contribution in [-0.4, -0.2) is 11.7 Å². The number of rotatable bonds is 4. The quantitative estimate of drug-likeness (QED) is 0.227. The molecule has 1 unspecified atom stereocenters. The highest BCUT2D eigenvalue weighted by Crippen LogP contribution is 2.38. The van der Waals surface area contributed by atoms with Gasteiger partial charge in [0.15, 0.2) is 6.17 Å². The molecule has 1 aliphatic heterocycles. The summed E-state index contributed by atoms with van der Waals surface area (Å²) < 4.78 is 88.8. The Balaban J connectivity index is 1.26. The van der Waals surface area contributed by atoms with Crippen LogP contribution < -0.4 is 5.32 Å². The maximum Gasteiger partial charge on any atom is 0.173 e. The van der Waals surface area contributed by atoms with Gasteiger partial charge in [-0.25, -0.2) is 9.98 Å². The van der Waals surface area contributed by atoms with Crippen molar-refractivity contribution in [2.24, 2.45) is 9.98 Å². The van der Waals surface area contributed by atoms with E-state index in [9.17, 15) is 0 Å². The third-order valence-corrected chi connectivity index (χ3v) is 7.74. The number of benzene rings is 6. The fourth-order valence-electron chi connectivity index (χ4n) is 5.77. The van der Waals surface area contributed by atoms with Gasteiger partial charge < -0.3 is 14.2 Å². The normalized spacial score (nSPS) is 17.9. The second kappa shape index (κ2) is 9.82. The Morgan fingerprint density at radius 2 is 1.36 bits per heavy atom. The molecule has 9 rings (SSSR count). The lowest BCUT2D eigenvalue weighted by Gasteiger charge is -2.22. The number of para-hydroxylation sites is 3. The van der Waals surface area contributed by atoms with Crippen molar-refractivity contribution in [1.82, 2.24) is 5.32 Å². The van der Waals surface area contributed by atoms with E-state index in [2.05, 4.69) is 5.32 Å². The summed E-state index contributed by atoms with van der Waals surface area (Å²) in [4.78, 5) is 9.83. The number of hydrogen-bond donors (Lipinski definition) is 1. The van der Waals surface area contributed by atoms with E-state index in [0.717, 1.165) is 10.8 Å². The third-order valence-electron chi connectivity index (χ3n) is 7.74. The van der Waals surface area contributed by atoms with Crippen molar-refractivity contribution < 1.29 is 21.2 Å². The molecule has 0 radical (unpaired) electrons. The summed E-state index contributed by atoms with van der Waals surface area (Å²) in [6.07, 6.45) is -0.961. The first kappa shape index (κ1) is 17.2. The minimum absolute atomic E-state index is 0.0000671. The molecule has 2 aromatic heterocycles. The van der Waals surface area contributed by atoms with E-state index in [1.54, 1.807) is 30.3 Å². The fraction of sp³-hybridized carbons (Fsp3) is 0.0256. The predicted molar refractivity (Wildman–Crippen MR) is 178 cm³/mol. The molecule has 8 aromatic rings. The first-order chi connectivity index (χ1) is 25.5. The minimum Gasteiger partial charge on any atom is -0.456 e. The van der Waals surface area contributed by atoms with Gasteiger partial charge in [0.25, 0.3) is 0 Å². The van der Waals surface area contributed by atoms with Crippen molar-refractivity contribution in [1.29, 1.82) is 0 Å². The van der Waals surface area contributed by atoms with Crippen LogP contribution in [0.1, 0.15) is 35.2 Å². The number of fused-ring (bicyclic) bond motifs is 6. The topological polar surface area (TPSA) is 63.0 Å². The second-order valence-electron chi connectivity index (χ2n) is 10.3. The van der Waals surface area contributed by atoms with Gasteiger partial charge in [-0.15, -0.1) is 0 Å². The van der Waals surface area contributed by atoms with E-state index in [1.807, 2.05) is 42.5 Å². The summed E-state index contributed by atoms with van der Waals surface area (Å²) in [6.45, 7) is 0. The van der Waals surface area contributed by atoms with Crippen LogP contribution in [0.25, 0.3) is 55.0 Å². The Morgan fingerprint density at radius 3 is 2.30 bits per heavy atom. The number of aliphatic imine (C=N–C) groups is 2. The summed E-state index contributed by atoms with van der Waals surface area (Å²) >= 11 is 0. The third kappa shape index (κ3) is 3.94. The lowest BCUT2D eigenvalue weighted by molar-refractivity contribution is 0.649. The average molecular weight is 577 g/mol. The highest BCUT2D eigenvalue weighted by Gasteiger charge is 2.24. The molecule has 0 spiro atoms. The molecule has 208 valence electrons. The summed E-state index contributed by atoms with van der Waals surface area (Å²) in [5.74, 6) is 0.296. The van der Waals surface area contributed by atoms with E-state index in [4.69, 9.17) is 31.2 Å². The number of furan rings is 2. The van der Waals surface area contributed by atoms with Gasteiger partial charge in [0, 0.05) is 38.2 Å². The van der Waals surface area contributed by atoms with Gasteiger partial charge in [-0.3, -0.25) is 0 Å². The van der Waals surface area contributed by atoms with Crippen molar-refractivity contribution in [3.63, 3.8) is 0 Å². The molecule has 0 aliphatic carbocycles. The molecule has 5 heteroatoms. The molecule has 0 saturated heterocycles. The van der Waals surface area contributed by atoms with Gasteiger partial charge in [-0.05, 0) is 35.3 Å². The molecular weight excluding hydrogens is 542 g/mol. The van der Waals surface area contributed by atoms with E-state index in [1.165, 1.54) is 12.1 Å². The molecule has 1 atom stereocenters. The van der Waals surface area contributed by atoms with Crippen molar-refractivity contribution in [3.05, 3.63) is 156 Å². The standard InChI is InChI=1S/C39H25N3O2/c1-2-11-24(12-3-1)37-40-38(42-39(41-37)31-19-9-18-29-28-15-4-6-20-32(28)44-36(29)31)26-14-8-13-25(23-26)27-17-10-22-34-35(27)30-16-5-7-21-33(30)43-34/h1-23,39H,(H,40,41,42)/i1D,2D,3D,5D,11D,12D,17D,21D,22D. The molecule has 1 N–H and O–H groups in total. The summed E-state index contributed by atoms with van der Waals surface area (Å²) in [6, 6.07) is 22.4. The van der Waals surface area contributed by atoms with Crippen LogP contribution in [-0.2, 0) is 0 Å². The fourth-order valence-corrected chi connectivity index (χ4v) is 5.77. The number of nitrogens with zero attached hydrogens (tertiary/aromatic N) is 2. The van der Waals surface area contributed by atoms with Gasteiger partial charge >= 0.3 is 0 Å². The van der Waals surface area contributed by atoms with Crippen molar-refractivity contribution >= 4 is 55.5 Å². The zero-order valence-electron chi connectivity index (χ0n) is 31.9. The SMILES string of the molecule is [2H]c1cc([2H])c2oc3c([2H])cc([2H])c(-c4cccc(C5=NC(c6cccc7c6oc6ccccc67)N=C(c6c([2H])c([2H])c([2H])c([2H])c6[2H])N5)c4)c3c2c1. The van der Waals surface area contributed by atoms with E-state index in [-0.39, 0.29) is 52.6 Å². The van der Waals surface area contributed by atoms with Crippen molar-refractivity contribution in [2.45, 2.75) is 6.17 Å². The molecule has 0 amide bonds. The summed E-state index contributed by atoms with van der Waals surface area (Å²) in [7, 11) is 0. The number of amidine groups is 2. The zero-order chi connectivity index (χ0) is 36.9. The van der Waals surface area contributed by atoms with Gasteiger partial charge in [0.1, 0.15) is 34.0 Å². The van der Waals surface area contributed by atoms with Crippen LogP contribution in [0.15, 0.2) is 158 Å². The molecule has 1 aliphatic rings. The molecule has 0 saturated carbocycles. The Labute approximate surface area is 265 Å². The van der Waals surface area contributed by atoms with Crippen LogP contribution in [0.3, 0.4) is 0 Å². The number of hydrogen-bond acceptors (Lipinski definition) is 5. The van der Waals surface area contributed by atoms with Crippen molar-refractivity contribution in [3.8, 4) is 11.1 Å². The van der Waals surface area contributed by atoms with E-state index >= 15 is 0 Å². The average Bonchev–Trinajstić information content (AvgIpc) is 3.73. The maximum atomic E-state index is 8.96. The first-order valence-electron chi connectivity index (χ1n) is 18.4. The van der Waals surface area contributed by atoms with Crippen LogP contribution in [0.5, 0.6) is 0 Å². The second-order valence-corrected chi connectivity index (χ2v) is 10.3. The van der Waals surface area contributed by atoms with Gasteiger partial charge in [0.05, 0.1) is 12.3 Å². The van der Waals surface area contributed by atoms with E-state index in [0.29, 0.717) is 44.2 Å². The predicted octanol–water partition coefficient (Wildman–Crippen LogP) is 9.65. The molecule has 0 fully saturated rings. The molecular formula is C39H25N3O2.